The van der Waals surface area contributed by atoms with Crippen LogP contribution >= 0.6 is 23.1 Å². The Kier molecular flexibility index (Phi) is 6.92. The molecule has 0 unspecified atom stereocenters. The minimum Gasteiger partial charge on any atom is -0.343 e. The van der Waals surface area contributed by atoms with Crippen LogP contribution in [0.15, 0.2) is 83.6 Å². The first-order valence-corrected chi connectivity index (χ1v) is 13.2. The molecule has 0 spiro atoms. The first-order valence-electron chi connectivity index (χ1n) is 11.3. The van der Waals surface area contributed by atoms with Gasteiger partial charge >= 0.3 is 0 Å². The van der Waals surface area contributed by atoms with Crippen molar-refractivity contribution in [1.82, 2.24) is 24.3 Å². The van der Waals surface area contributed by atoms with E-state index in [1.807, 2.05) is 43.3 Å². The summed E-state index contributed by atoms with van der Waals surface area (Å²) < 4.78 is 4.28. The van der Waals surface area contributed by atoms with Crippen LogP contribution in [0.5, 0.6) is 0 Å². The van der Waals surface area contributed by atoms with Gasteiger partial charge in [0.1, 0.15) is 0 Å². The SMILES string of the molecule is Cc1cc(C(=O)CSc2nnc(-c3ccncc3)n2Cc2ccccc2)c(C)n1Cc1cccs1. The van der Waals surface area contributed by atoms with E-state index in [2.05, 4.69) is 60.9 Å². The number of aromatic nitrogens is 5. The normalized spacial score (nSPS) is 11.1. The molecular formula is C27H25N5OS2. The van der Waals surface area contributed by atoms with Crippen molar-refractivity contribution in [1.29, 1.82) is 0 Å². The van der Waals surface area contributed by atoms with Crippen LogP contribution in [-0.4, -0.2) is 35.9 Å². The first kappa shape index (κ1) is 23.3. The Morgan fingerprint density at radius 3 is 2.49 bits per heavy atom. The lowest BCUT2D eigenvalue weighted by Gasteiger charge is -2.11. The maximum Gasteiger partial charge on any atom is 0.192 e. The fraction of sp³-hybridized carbons (Fsp3) is 0.185. The molecule has 8 heteroatoms. The monoisotopic (exact) mass is 499 g/mol. The van der Waals surface area contributed by atoms with Gasteiger partial charge in [-0.05, 0) is 49.1 Å². The third kappa shape index (κ3) is 5.13. The maximum atomic E-state index is 13.3. The predicted octanol–water partition coefficient (Wildman–Crippen LogP) is 5.89. The third-order valence-electron chi connectivity index (χ3n) is 5.94. The summed E-state index contributed by atoms with van der Waals surface area (Å²) in [5, 5.41) is 11.7. The van der Waals surface area contributed by atoms with Crippen LogP contribution in [0.4, 0.5) is 0 Å². The van der Waals surface area contributed by atoms with Gasteiger partial charge in [-0.2, -0.15) is 0 Å². The number of Topliss-reactive ketones (excluding diaryl/α,β-unsaturated/α-hetero) is 1. The zero-order valence-corrected chi connectivity index (χ0v) is 21.2. The Hall–Kier alpha value is -3.49. The Morgan fingerprint density at radius 1 is 0.943 bits per heavy atom. The van der Waals surface area contributed by atoms with Crippen LogP contribution < -0.4 is 0 Å². The number of ketones is 1. The summed E-state index contributed by atoms with van der Waals surface area (Å²) in [4.78, 5) is 18.6. The van der Waals surface area contributed by atoms with E-state index in [-0.39, 0.29) is 5.78 Å². The highest BCUT2D eigenvalue weighted by atomic mass is 32.2. The van der Waals surface area contributed by atoms with Gasteiger partial charge < -0.3 is 4.57 Å². The molecule has 0 aliphatic heterocycles. The van der Waals surface area contributed by atoms with Crippen LogP contribution in [0.25, 0.3) is 11.4 Å². The van der Waals surface area contributed by atoms with Crippen molar-refractivity contribution in [2.45, 2.75) is 32.1 Å². The molecule has 0 saturated carbocycles. The van der Waals surface area contributed by atoms with Gasteiger partial charge in [0.05, 0.1) is 18.8 Å². The number of carbonyl (C=O) groups is 1. The molecule has 0 bridgehead atoms. The van der Waals surface area contributed by atoms with Gasteiger partial charge in [-0.15, -0.1) is 21.5 Å². The maximum absolute atomic E-state index is 13.3. The highest BCUT2D eigenvalue weighted by Crippen LogP contribution is 2.27. The highest BCUT2D eigenvalue weighted by molar-refractivity contribution is 7.99. The molecule has 4 aromatic heterocycles. The molecule has 0 atom stereocenters. The van der Waals surface area contributed by atoms with Crippen molar-refractivity contribution in [3.63, 3.8) is 0 Å². The second-order valence-corrected chi connectivity index (χ2v) is 10.3. The number of aryl methyl sites for hydroxylation is 1. The van der Waals surface area contributed by atoms with Gasteiger partial charge in [0.15, 0.2) is 16.8 Å². The summed E-state index contributed by atoms with van der Waals surface area (Å²) in [6.07, 6.45) is 3.50. The lowest BCUT2D eigenvalue weighted by Crippen LogP contribution is -2.09. The molecule has 0 N–H and O–H groups in total. The number of thioether (sulfide) groups is 1. The van der Waals surface area contributed by atoms with Gasteiger partial charge in [-0.25, -0.2) is 0 Å². The Bertz CT molecular complexity index is 1420. The molecule has 4 heterocycles. The van der Waals surface area contributed by atoms with Crippen molar-refractivity contribution in [2.24, 2.45) is 0 Å². The van der Waals surface area contributed by atoms with Crippen molar-refractivity contribution < 1.29 is 4.79 Å². The van der Waals surface area contributed by atoms with Gasteiger partial charge in [-0.3, -0.25) is 14.3 Å². The zero-order chi connectivity index (χ0) is 24.2. The number of rotatable bonds is 9. The standard InChI is InChI=1S/C27H25N5OS2/c1-19-15-24(20(2)31(19)17-23-9-6-14-34-23)25(33)18-35-27-30-29-26(22-10-12-28-13-11-22)32(27)16-21-7-4-3-5-8-21/h3-15H,16-18H2,1-2H3. The minimum absolute atomic E-state index is 0.0975. The lowest BCUT2D eigenvalue weighted by atomic mass is 10.2. The molecule has 0 aliphatic carbocycles. The van der Waals surface area contributed by atoms with Crippen molar-refractivity contribution in [2.75, 3.05) is 5.75 Å². The third-order valence-corrected chi connectivity index (χ3v) is 7.77. The van der Waals surface area contributed by atoms with Crippen molar-refractivity contribution in [3.05, 3.63) is 106 Å². The van der Waals surface area contributed by atoms with E-state index in [1.165, 1.54) is 16.6 Å². The number of nitrogens with zero attached hydrogens (tertiary/aromatic N) is 5. The molecule has 0 amide bonds. The number of hydrogen-bond donors (Lipinski definition) is 0. The molecule has 1 aromatic carbocycles. The molecule has 0 saturated heterocycles. The highest BCUT2D eigenvalue weighted by Gasteiger charge is 2.20. The van der Waals surface area contributed by atoms with E-state index >= 15 is 0 Å². The van der Waals surface area contributed by atoms with Crippen LogP contribution in [0.3, 0.4) is 0 Å². The number of hydrogen-bond acceptors (Lipinski definition) is 6. The second kappa shape index (κ2) is 10.4. The van der Waals surface area contributed by atoms with E-state index < -0.39 is 0 Å². The number of pyridine rings is 1. The molecule has 35 heavy (non-hydrogen) atoms. The summed E-state index contributed by atoms with van der Waals surface area (Å²) >= 11 is 3.16. The van der Waals surface area contributed by atoms with Gasteiger partial charge in [0, 0.05) is 39.8 Å². The first-order chi connectivity index (χ1) is 17.1. The number of thiophene rings is 1. The molecule has 0 fully saturated rings. The van der Waals surface area contributed by atoms with Crippen molar-refractivity contribution >= 4 is 28.9 Å². The quantitative estimate of drug-likeness (QED) is 0.187. The van der Waals surface area contributed by atoms with Crippen LogP contribution in [0, 0.1) is 13.8 Å². The molecule has 0 aliphatic rings. The van der Waals surface area contributed by atoms with Crippen LogP contribution in [0.1, 0.15) is 32.2 Å². The van der Waals surface area contributed by atoms with Crippen LogP contribution in [-0.2, 0) is 13.1 Å². The average Bonchev–Trinajstić information content (AvgIpc) is 3.61. The largest absolute Gasteiger partial charge is 0.343 e. The molecule has 5 rings (SSSR count). The van der Waals surface area contributed by atoms with E-state index in [0.717, 1.165) is 45.6 Å². The number of benzene rings is 1. The molecular weight excluding hydrogens is 474 g/mol. The van der Waals surface area contributed by atoms with Gasteiger partial charge in [0.25, 0.3) is 0 Å². The Morgan fingerprint density at radius 2 is 1.74 bits per heavy atom. The van der Waals surface area contributed by atoms with E-state index in [9.17, 15) is 4.79 Å². The topological polar surface area (TPSA) is 65.6 Å². The fourth-order valence-corrected chi connectivity index (χ4v) is 5.63. The Labute approximate surface area is 212 Å². The van der Waals surface area contributed by atoms with Gasteiger partial charge in [0.2, 0.25) is 0 Å². The summed E-state index contributed by atoms with van der Waals surface area (Å²) in [6, 6.07) is 20.2. The fourth-order valence-electron chi connectivity index (χ4n) is 4.11. The van der Waals surface area contributed by atoms with Gasteiger partial charge in [-0.1, -0.05) is 48.2 Å². The lowest BCUT2D eigenvalue weighted by molar-refractivity contribution is 0.102. The average molecular weight is 500 g/mol. The summed E-state index contributed by atoms with van der Waals surface area (Å²) in [6.45, 7) is 5.49. The summed E-state index contributed by atoms with van der Waals surface area (Å²) in [7, 11) is 0. The summed E-state index contributed by atoms with van der Waals surface area (Å²) in [5.41, 5.74) is 4.96. The molecule has 176 valence electrons. The van der Waals surface area contributed by atoms with Crippen LogP contribution in [0.2, 0.25) is 0 Å². The van der Waals surface area contributed by atoms with E-state index in [1.54, 1.807) is 23.7 Å². The van der Waals surface area contributed by atoms with E-state index in [0.29, 0.717) is 12.3 Å². The summed E-state index contributed by atoms with van der Waals surface area (Å²) in [5.74, 6) is 1.16. The Balaban J connectivity index is 1.38. The predicted molar refractivity (Wildman–Crippen MR) is 141 cm³/mol. The van der Waals surface area contributed by atoms with Crippen molar-refractivity contribution in [3.8, 4) is 11.4 Å². The van der Waals surface area contributed by atoms with E-state index in [4.69, 9.17) is 0 Å². The second-order valence-electron chi connectivity index (χ2n) is 8.28. The smallest absolute Gasteiger partial charge is 0.192 e. The minimum atomic E-state index is 0.0975. The molecule has 0 radical (unpaired) electrons. The zero-order valence-electron chi connectivity index (χ0n) is 19.6. The molecule has 5 aromatic rings. The number of carbonyl (C=O) groups excluding carboxylic acids is 1. The molecule has 6 nitrogen and oxygen atoms in total.